The smallest absolute Gasteiger partial charge is 0.294 e. The molecule has 0 radical (unpaired) electrons. The second-order valence-corrected chi connectivity index (χ2v) is 12.1. The third kappa shape index (κ3) is 6.94. The normalized spacial score (nSPS) is 14.1. The number of amides is 3. The van der Waals surface area contributed by atoms with Gasteiger partial charge < -0.3 is 14.8 Å². The van der Waals surface area contributed by atoms with Gasteiger partial charge in [0.2, 0.25) is 5.91 Å². The van der Waals surface area contributed by atoms with Crippen molar-refractivity contribution in [3.63, 3.8) is 0 Å². The minimum atomic E-state index is -0.525. The van der Waals surface area contributed by atoms with Gasteiger partial charge in [-0.15, -0.1) is 0 Å². The molecule has 0 aromatic heterocycles. The molecule has 1 aliphatic rings. The van der Waals surface area contributed by atoms with E-state index in [9.17, 15) is 14.4 Å². The summed E-state index contributed by atoms with van der Waals surface area (Å²) in [5, 5.41) is 4.46. The van der Waals surface area contributed by atoms with Crippen LogP contribution in [0, 0.1) is 3.57 Å². The fourth-order valence-electron chi connectivity index (χ4n) is 4.31. The minimum absolute atomic E-state index is 0.218. The van der Waals surface area contributed by atoms with Crippen molar-refractivity contribution in [2.75, 3.05) is 18.5 Å². The Morgan fingerprint density at radius 3 is 2.56 bits per heavy atom. The standard InChI is InChI=1S/C31H24BrIN2O5S/c1-2-39-26-15-19(14-25(32)29(26)40-18-21-8-5-7-20-6-3-4-9-24(20)21)16-27-30(37)35(31(38)41-27)17-28(36)34-23-12-10-22(33)11-13-23/h3-16H,2,17-18H2,1H3,(H,34,36)/b27-16+. The molecule has 4 aromatic carbocycles. The number of rotatable bonds is 9. The van der Waals surface area contributed by atoms with Crippen LogP contribution in [0.2, 0.25) is 0 Å². The highest BCUT2D eigenvalue weighted by molar-refractivity contribution is 14.1. The summed E-state index contributed by atoms with van der Waals surface area (Å²) in [5.41, 5.74) is 2.28. The van der Waals surface area contributed by atoms with Gasteiger partial charge in [-0.3, -0.25) is 19.3 Å². The summed E-state index contributed by atoms with van der Waals surface area (Å²) in [6, 6.07) is 25.0. The first kappa shape index (κ1) is 29.2. The van der Waals surface area contributed by atoms with Crippen molar-refractivity contribution < 1.29 is 23.9 Å². The molecule has 208 valence electrons. The second-order valence-electron chi connectivity index (χ2n) is 9.01. The Labute approximate surface area is 263 Å². The lowest BCUT2D eigenvalue weighted by atomic mass is 10.1. The van der Waals surface area contributed by atoms with Crippen LogP contribution in [0.15, 0.2) is 88.2 Å². The van der Waals surface area contributed by atoms with E-state index >= 15 is 0 Å². The van der Waals surface area contributed by atoms with Crippen LogP contribution in [0.5, 0.6) is 11.5 Å². The van der Waals surface area contributed by atoms with Crippen LogP contribution in [0.3, 0.4) is 0 Å². The number of benzene rings is 4. The van der Waals surface area contributed by atoms with Gasteiger partial charge in [0, 0.05) is 9.26 Å². The van der Waals surface area contributed by atoms with E-state index in [0.29, 0.717) is 40.4 Å². The summed E-state index contributed by atoms with van der Waals surface area (Å²) >= 11 is 6.56. The van der Waals surface area contributed by atoms with Gasteiger partial charge >= 0.3 is 0 Å². The molecule has 1 N–H and O–H groups in total. The number of nitrogens with one attached hydrogen (secondary N) is 1. The quantitative estimate of drug-likeness (QED) is 0.139. The summed E-state index contributed by atoms with van der Waals surface area (Å²) < 4.78 is 13.8. The number of imide groups is 1. The molecule has 0 unspecified atom stereocenters. The van der Waals surface area contributed by atoms with Gasteiger partial charge in [-0.1, -0.05) is 42.5 Å². The molecule has 1 fully saturated rings. The first-order valence-electron chi connectivity index (χ1n) is 12.7. The molecule has 0 aliphatic carbocycles. The van der Waals surface area contributed by atoms with E-state index in [1.54, 1.807) is 30.3 Å². The van der Waals surface area contributed by atoms with Crippen molar-refractivity contribution in [1.29, 1.82) is 0 Å². The van der Waals surface area contributed by atoms with Crippen molar-refractivity contribution in [3.05, 3.63) is 103 Å². The second kappa shape index (κ2) is 13.1. The Kier molecular flexibility index (Phi) is 9.31. The highest BCUT2D eigenvalue weighted by atomic mass is 127. The van der Waals surface area contributed by atoms with E-state index in [2.05, 4.69) is 62.0 Å². The van der Waals surface area contributed by atoms with Crippen molar-refractivity contribution in [3.8, 4) is 11.5 Å². The SMILES string of the molecule is CCOc1cc(/C=C2/SC(=O)N(CC(=O)Nc3ccc(I)cc3)C2=O)cc(Br)c1OCc1cccc2ccccc12. The van der Waals surface area contributed by atoms with Gasteiger partial charge in [-0.2, -0.15) is 0 Å². The Balaban J connectivity index is 1.32. The summed E-state index contributed by atoms with van der Waals surface area (Å²) in [7, 11) is 0. The first-order valence-corrected chi connectivity index (χ1v) is 15.4. The number of nitrogens with zero attached hydrogens (tertiary/aromatic N) is 1. The number of ether oxygens (including phenoxy) is 2. The Bertz CT molecular complexity index is 1670. The number of hydrogen-bond donors (Lipinski definition) is 1. The maximum absolute atomic E-state index is 13.0. The lowest BCUT2D eigenvalue weighted by Crippen LogP contribution is -2.36. The van der Waals surface area contributed by atoms with Gasteiger partial charge in [-0.25, -0.2) is 0 Å². The lowest BCUT2D eigenvalue weighted by molar-refractivity contribution is -0.127. The zero-order valence-corrected chi connectivity index (χ0v) is 26.4. The molecule has 1 saturated heterocycles. The molecule has 1 heterocycles. The summed E-state index contributed by atoms with van der Waals surface area (Å²) in [6.45, 7) is 2.25. The van der Waals surface area contributed by atoms with Crippen LogP contribution in [0.1, 0.15) is 18.1 Å². The van der Waals surface area contributed by atoms with E-state index in [1.165, 1.54) is 0 Å². The van der Waals surface area contributed by atoms with Crippen LogP contribution in [-0.2, 0) is 16.2 Å². The highest BCUT2D eigenvalue weighted by Gasteiger charge is 2.36. The molecule has 0 saturated carbocycles. The topological polar surface area (TPSA) is 84.9 Å². The number of anilines is 1. The van der Waals surface area contributed by atoms with Gasteiger partial charge in [-0.05, 0) is 122 Å². The van der Waals surface area contributed by atoms with Crippen molar-refractivity contribution >= 4 is 89.9 Å². The largest absolute Gasteiger partial charge is 0.490 e. The maximum Gasteiger partial charge on any atom is 0.294 e. The minimum Gasteiger partial charge on any atom is -0.490 e. The van der Waals surface area contributed by atoms with E-state index < -0.39 is 17.1 Å². The van der Waals surface area contributed by atoms with Crippen LogP contribution in [-0.4, -0.2) is 35.1 Å². The number of carbonyl (C=O) groups excluding carboxylic acids is 3. The van der Waals surface area contributed by atoms with E-state index in [0.717, 1.165) is 36.6 Å². The van der Waals surface area contributed by atoms with Crippen LogP contribution in [0.4, 0.5) is 10.5 Å². The van der Waals surface area contributed by atoms with E-state index in [1.807, 2.05) is 43.3 Å². The Morgan fingerprint density at radius 2 is 1.78 bits per heavy atom. The summed E-state index contributed by atoms with van der Waals surface area (Å²) in [4.78, 5) is 39.3. The van der Waals surface area contributed by atoms with Crippen LogP contribution >= 0.6 is 50.3 Å². The molecule has 5 rings (SSSR count). The highest BCUT2D eigenvalue weighted by Crippen LogP contribution is 2.40. The zero-order chi connectivity index (χ0) is 28.9. The summed E-state index contributed by atoms with van der Waals surface area (Å²) in [5.74, 6) is 0.0637. The number of hydrogen-bond acceptors (Lipinski definition) is 6. The van der Waals surface area contributed by atoms with Crippen LogP contribution < -0.4 is 14.8 Å². The lowest BCUT2D eigenvalue weighted by Gasteiger charge is -2.16. The predicted octanol–water partition coefficient (Wildman–Crippen LogP) is 7.86. The van der Waals surface area contributed by atoms with Crippen molar-refractivity contribution in [1.82, 2.24) is 4.90 Å². The van der Waals surface area contributed by atoms with Gasteiger partial charge in [0.05, 0.1) is 16.0 Å². The Morgan fingerprint density at radius 1 is 1.02 bits per heavy atom. The van der Waals surface area contributed by atoms with Crippen molar-refractivity contribution in [2.24, 2.45) is 0 Å². The van der Waals surface area contributed by atoms with Crippen molar-refractivity contribution in [2.45, 2.75) is 13.5 Å². The number of thioether (sulfide) groups is 1. The third-order valence-corrected chi connectivity index (χ3v) is 8.40. The molecule has 7 nitrogen and oxygen atoms in total. The molecular weight excluding hydrogens is 719 g/mol. The van der Waals surface area contributed by atoms with E-state index in [-0.39, 0.29) is 11.4 Å². The molecule has 10 heteroatoms. The number of carbonyl (C=O) groups is 3. The number of fused-ring (bicyclic) bond motifs is 1. The maximum atomic E-state index is 13.0. The van der Waals surface area contributed by atoms with E-state index in [4.69, 9.17) is 9.47 Å². The van der Waals surface area contributed by atoms with Gasteiger partial charge in [0.15, 0.2) is 11.5 Å². The molecular formula is C31H24BrIN2O5S. The molecule has 0 bridgehead atoms. The fraction of sp³-hybridized carbons (Fsp3) is 0.129. The summed E-state index contributed by atoms with van der Waals surface area (Å²) in [6.07, 6.45) is 1.61. The van der Waals surface area contributed by atoms with Crippen LogP contribution in [0.25, 0.3) is 16.8 Å². The molecule has 4 aromatic rings. The molecule has 41 heavy (non-hydrogen) atoms. The average Bonchev–Trinajstić information content (AvgIpc) is 3.21. The number of halogens is 2. The fourth-order valence-corrected chi connectivity index (χ4v) is 6.08. The molecule has 3 amide bonds. The molecule has 1 aliphatic heterocycles. The van der Waals surface area contributed by atoms with Gasteiger partial charge in [0.1, 0.15) is 13.2 Å². The first-order chi connectivity index (χ1) is 19.8. The predicted molar refractivity (Wildman–Crippen MR) is 174 cm³/mol. The average molecular weight is 743 g/mol. The third-order valence-electron chi connectivity index (χ3n) is 6.18. The molecule has 0 spiro atoms. The molecule has 0 atom stereocenters. The zero-order valence-electron chi connectivity index (χ0n) is 21.9. The monoisotopic (exact) mass is 742 g/mol. The Hall–Kier alpha value is -3.35. The van der Waals surface area contributed by atoms with Gasteiger partial charge in [0.25, 0.3) is 11.1 Å².